The number of hydrogen-bond donors (Lipinski definition) is 0. The molecule has 0 aliphatic carbocycles. The Hall–Kier alpha value is -2.00. The van der Waals surface area contributed by atoms with E-state index in [0.717, 1.165) is 37.4 Å². The number of piperidine rings is 1. The van der Waals surface area contributed by atoms with Crippen molar-refractivity contribution in [3.8, 4) is 11.5 Å². The van der Waals surface area contributed by atoms with E-state index in [1.165, 1.54) is 11.1 Å². The highest BCUT2D eigenvalue weighted by atomic mass is 16.5. The summed E-state index contributed by atoms with van der Waals surface area (Å²) in [6.45, 7) is 1.96. The zero-order valence-corrected chi connectivity index (χ0v) is 13.9. The van der Waals surface area contributed by atoms with Gasteiger partial charge >= 0.3 is 0 Å². The number of ether oxygens (including phenoxy) is 2. The number of rotatable bonds is 5. The first-order chi connectivity index (χ1) is 11.3. The van der Waals surface area contributed by atoms with Gasteiger partial charge in [0, 0.05) is 19.0 Å². The molecule has 1 saturated heterocycles. The molecule has 0 bridgehead atoms. The summed E-state index contributed by atoms with van der Waals surface area (Å²) < 4.78 is 10.6. The lowest BCUT2D eigenvalue weighted by atomic mass is 9.76. The molecule has 0 aromatic heterocycles. The van der Waals surface area contributed by atoms with Crippen LogP contribution in [0.3, 0.4) is 0 Å². The molecule has 0 spiro atoms. The highest BCUT2D eigenvalue weighted by molar-refractivity contribution is 5.39. The number of methoxy groups -OCH3 is 2. The minimum atomic E-state index is 0.405. The van der Waals surface area contributed by atoms with Crippen molar-refractivity contribution in [2.75, 3.05) is 27.3 Å². The van der Waals surface area contributed by atoms with Crippen molar-refractivity contribution in [1.29, 1.82) is 0 Å². The monoisotopic (exact) mass is 310 g/mol. The molecule has 0 saturated carbocycles. The fourth-order valence-electron chi connectivity index (χ4n) is 3.46. The highest BCUT2D eigenvalue weighted by Crippen LogP contribution is 2.38. The molecule has 23 heavy (non-hydrogen) atoms. The SMILES string of the molecule is COc1ccc(C(c2ccc(OC)cc2)C2CC[N]CC2)cc1. The third-order valence-corrected chi connectivity index (χ3v) is 4.74. The van der Waals surface area contributed by atoms with Crippen LogP contribution in [0.25, 0.3) is 0 Å². The van der Waals surface area contributed by atoms with E-state index in [2.05, 4.69) is 53.8 Å². The summed E-state index contributed by atoms with van der Waals surface area (Å²) in [4.78, 5) is 0. The molecule has 1 radical (unpaired) electrons. The van der Waals surface area contributed by atoms with E-state index in [1.54, 1.807) is 14.2 Å². The normalized spacial score (nSPS) is 15.6. The molecule has 2 aromatic carbocycles. The van der Waals surface area contributed by atoms with Crippen molar-refractivity contribution < 1.29 is 9.47 Å². The van der Waals surface area contributed by atoms with E-state index in [0.29, 0.717) is 11.8 Å². The van der Waals surface area contributed by atoms with Crippen LogP contribution in [-0.2, 0) is 0 Å². The van der Waals surface area contributed by atoms with Crippen molar-refractivity contribution in [3.05, 3.63) is 59.7 Å². The van der Waals surface area contributed by atoms with Crippen LogP contribution in [0, 0.1) is 5.92 Å². The topological polar surface area (TPSA) is 32.6 Å². The Kier molecular flexibility index (Phi) is 5.19. The van der Waals surface area contributed by atoms with Gasteiger partial charge in [0.05, 0.1) is 14.2 Å². The Labute approximate surface area is 138 Å². The molecule has 1 aliphatic rings. The first-order valence-corrected chi connectivity index (χ1v) is 8.23. The predicted octanol–water partition coefficient (Wildman–Crippen LogP) is 3.85. The van der Waals surface area contributed by atoms with Gasteiger partial charge in [-0.05, 0) is 54.2 Å². The number of hydrogen-bond acceptors (Lipinski definition) is 2. The van der Waals surface area contributed by atoms with Crippen molar-refractivity contribution in [1.82, 2.24) is 5.32 Å². The van der Waals surface area contributed by atoms with E-state index in [-0.39, 0.29) is 0 Å². The molecule has 1 heterocycles. The van der Waals surface area contributed by atoms with Crippen LogP contribution in [-0.4, -0.2) is 27.3 Å². The average Bonchev–Trinajstić information content (AvgIpc) is 2.64. The van der Waals surface area contributed by atoms with E-state index < -0.39 is 0 Å². The molecule has 2 aromatic rings. The zero-order valence-electron chi connectivity index (χ0n) is 13.9. The van der Waals surface area contributed by atoms with Crippen LogP contribution in [0.4, 0.5) is 0 Å². The lowest BCUT2D eigenvalue weighted by Gasteiger charge is -2.31. The van der Waals surface area contributed by atoms with Crippen LogP contribution in [0.1, 0.15) is 29.9 Å². The fraction of sp³-hybridized carbons (Fsp3) is 0.400. The van der Waals surface area contributed by atoms with Crippen LogP contribution in [0.2, 0.25) is 0 Å². The second kappa shape index (κ2) is 7.51. The Morgan fingerprint density at radius 3 is 1.61 bits per heavy atom. The predicted molar refractivity (Wildman–Crippen MR) is 92.4 cm³/mol. The third-order valence-electron chi connectivity index (χ3n) is 4.74. The minimum Gasteiger partial charge on any atom is -0.497 e. The van der Waals surface area contributed by atoms with Gasteiger partial charge in [0.25, 0.3) is 0 Å². The van der Waals surface area contributed by atoms with Gasteiger partial charge in [0.15, 0.2) is 0 Å². The van der Waals surface area contributed by atoms with Gasteiger partial charge in [-0.1, -0.05) is 24.3 Å². The van der Waals surface area contributed by atoms with E-state index in [9.17, 15) is 0 Å². The summed E-state index contributed by atoms with van der Waals surface area (Å²) in [6.07, 6.45) is 2.31. The summed E-state index contributed by atoms with van der Waals surface area (Å²) >= 11 is 0. The van der Waals surface area contributed by atoms with E-state index >= 15 is 0 Å². The minimum absolute atomic E-state index is 0.405. The molecule has 0 unspecified atom stereocenters. The fourth-order valence-corrected chi connectivity index (χ4v) is 3.46. The molecule has 3 rings (SSSR count). The summed E-state index contributed by atoms with van der Waals surface area (Å²) in [7, 11) is 3.41. The van der Waals surface area contributed by atoms with Crippen molar-refractivity contribution in [3.63, 3.8) is 0 Å². The second-order valence-corrected chi connectivity index (χ2v) is 6.03. The molecular formula is C20H24NO2. The first kappa shape index (κ1) is 15.9. The van der Waals surface area contributed by atoms with Crippen molar-refractivity contribution in [2.24, 2.45) is 5.92 Å². The van der Waals surface area contributed by atoms with Gasteiger partial charge in [-0.15, -0.1) is 0 Å². The maximum Gasteiger partial charge on any atom is 0.118 e. The van der Waals surface area contributed by atoms with Gasteiger partial charge in [-0.3, -0.25) is 0 Å². The van der Waals surface area contributed by atoms with Crippen molar-refractivity contribution in [2.45, 2.75) is 18.8 Å². The summed E-state index contributed by atoms with van der Waals surface area (Å²) in [6, 6.07) is 17.0. The lowest BCUT2D eigenvalue weighted by molar-refractivity contribution is 0.338. The molecule has 0 atom stereocenters. The Balaban J connectivity index is 1.93. The quantitative estimate of drug-likeness (QED) is 0.840. The molecular weight excluding hydrogens is 286 g/mol. The van der Waals surface area contributed by atoms with Gasteiger partial charge in [0.2, 0.25) is 0 Å². The maximum atomic E-state index is 5.30. The molecule has 1 aliphatic heterocycles. The smallest absolute Gasteiger partial charge is 0.118 e. The van der Waals surface area contributed by atoms with Crippen LogP contribution in [0.5, 0.6) is 11.5 Å². The summed E-state index contributed by atoms with van der Waals surface area (Å²) in [5.41, 5.74) is 2.70. The Morgan fingerprint density at radius 2 is 1.22 bits per heavy atom. The molecule has 3 nitrogen and oxygen atoms in total. The maximum absolute atomic E-state index is 5.30. The highest BCUT2D eigenvalue weighted by Gasteiger charge is 2.26. The molecule has 121 valence electrons. The van der Waals surface area contributed by atoms with Crippen LogP contribution in [0.15, 0.2) is 48.5 Å². The number of benzene rings is 2. The molecule has 3 heteroatoms. The van der Waals surface area contributed by atoms with Gasteiger partial charge in [-0.2, -0.15) is 0 Å². The summed E-state index contributed by atoms with van der Waals surface area (Å²) in [5.74, 6) is 2.85. The Morgan fingerprint density at radius 1 is 0.783 bits per heavy atom. The Bertz CT molecular complexity index is 553. The zero-order chi connectivity index (χ0) is 16.1. The lowest BCUT2D eigenvalue weighted by Crippen LogP contribution is -2.27. The van der Waals surface area contributed by atoms with E-state index in [4.69, 9.17) is 9.47 Å². The second-order valence-electron chi connectivity index (χ2n) is 6.03. The molecule has 1 fully saturated rings. The largest absolute Gasteiger partial charge is 0.497 e. The summed E-state index contributed by atoms with van der Waals surface area (Å²) in [5, 5.41) is 4.51. The number of nitrogens with zero attached hydrogens (tertiary/aromatic N) is 1. The molecule has 0 N–H and O–H groups in total. The van der Waals surface area contributed by atoms with Gasteiger partial charge < -0.3 is 9.47 Å². The van der Waals surface area contributed by atoms with Crippen molar-refractivity contribution >= 4 is 0 Å². The third kappa shape index (κ3) is 3.67. The van der Waals surface area contributed by atoms with E-state index in [1.807, 2.05) is 0 Å². The van der Waals surface area contributed by atoms with Crippen LogP contribution >= 0.6 is 0 Å². The standard InChI is InChI=1S/C20H24NO2/c1-22-18-7-3-15(4-8-18)20(17-11-13-21-14-12-17)16-5-9-19(23-2)10-6-16/h3-10,17,20H,11-14H2,1-2H3. The first-order valence-electron chi connectivity index (χ1n) is 8.23. The van der Waals surface area contributed by atoms with Crippen LogP contribution < -0.4 is 14.8 Å². The van der Waals surface area contributed by atoms with Gasteiger partial charge in [0.1, 0.15) is 11.5 Å². The average molecular weight is 310 g/mol. The van der Waals surface area contributed by atoms with Gasteiger partial charge in [-0.25, -0.2) is 5.32 Å². The molecule has 0 amide bonds.